The molecule has 19 heavy (non-hydrogen) atoms. The minimum Gasteiger partial charge on any atom is -0.341 e. The summed E-state index contributed by atoms with van der Waals surface area (Å²) in [5, 5.41) is 3.42. The fourth-order valence-corrected chi connectivity index (χ4v) is 1.92. The molecule has 0 aliphatic carbocycles. The van der Waals surface area contributed by atoms with Crippen LogP contribution in [0.2, 0.25) is 0 Å². The lowest BCUT2D eigenvalue weighted by atomic mass is 9.91. The van der Waals surface area contributed by atoms with Crippen LogP contribution in [0, 0.1) is 5.41 Å². The molecular weight excluding hydrogens is 236 g/mol. The fraction of sp³-hybridized carbons (Fsp3) is 0.938. The Hall–Kier alpha value is -0.570. The van der Waals surface area contributed by atoms with Gasteiger partial charge in [-0.2, -0.15) is 0 Å². The van der Waals surface area contributed by atoms with Gasteiger partial charge in [-0.1, -0.05) is 47.5 Å². The van der Waals surface area contributed by atoms with Crippen molar-refractivity contribution in [2.24, 2.45) is 5.41 Å². The van der Waals surface area contributed by atoms with Gasteiger partial charge in [-0.25, -0.2) is 0 Å². The van der Waals surface area contributed by atoms with E-state index in [1.54, 1.807) is 0 Å². The lowest BCUT2D eigenvalue weighted by Crippen LogP contribution is -2.39. The second-order valence-electron chi connectivity index (χ2n) is 6.58. The van der Waals surface area contributed by atoms with E-state index in [0.29, 0.717) is 12.3 Å². The first kappa shape index (κ1) is 18.4. The lowest BCUT2D eigenvalue weighted by molar-refractivity contribution is -0.133. The predicted octanol–water partition coefficient (Wildman–Crippen LogP) is 3.44. The molecule has 0 bridgehead atoms. The van der Waals surface area contributed by atoms with E-state index < -0.39 is 0 Å². The van der Waals surface area contributed by atoms with Gasteiger partial charge in [0.05, 0.1) is 0 Å². The van der Waals surface area contributed by atoms with Crippen LogP contribution in [-0.4, -0.2) is 37.0 Å². The molecule has 0 saturated carbocycles. The standard InChI is InChI=1S/C16H34N2O/c1-6-8-10-17-11-13-18(12-9-7-2)15(19)14-16(3,4)5/h17H,6-14H2,1-5H3. The third-order valence-corrected chi connectivity index (χ3v) is 3.08. The van der Waals surface area contributed by atoms with Crippen LogP contribution in [0.25, 0.3) is 0 Å². The van der Waals surface area contributed by atoms with Crippen LogP contribution in [0.4, 0.5) is 0 Å². The fourth-order valence-electron chi connectivity index (χ4n) is 1.92. The summed E-state index contributed by atoms with van der Waals surface area (Å²) < 4.78 is 0. The monoisotopic (exact) mass is 270 g/mol. The average Bonchev–Trinajstić information content (AvgIpc) is 2.30. The Morgan fingerprint density at radius 3 is 2.16 bits per heavy atom. The van der Waals surface area contributed by atoms with Crippen molar-refractivity contribution in [2.75, 3.05) is 26.2 Å². The third kappa shape index (κ3) is 11.0. The van der Waals surface area contributed by atoms with Gasteiger partial charge in [0, 0.05) is 26.1 Å². The molecule has 114 valence electrons. The number of hydrogen-bond acceptors (Lipinski definition) is 2. The number of unbranched alkanes of at least 4 members (excludes halogenated alkanes) is 2. The maximum Gasteiger partial charge on any atom is 0.223 e. The molecule has 0 aromatic carbocycles. The van der Waals surface area contributed by atoms with E-state index in [9.17, 15) is 4.79 Å². The molecule has 0 unspecified atom stereocenters. The maximum atomic E-state index is 12.3. The van der Waals surface area contributed by atoms with Gasteiger partial charge in [-0.15, -0.1) is 0 Å². The number of carbonyl (C=O) groups excluding carboxylic acids is 1. The van der Waals surface area contributed by atoms with E-state index in [-0.39, 0.29) is 5.41 Å². The first-order valence-corrected chi connectivity index (χ1v) is 7.89. The Morgan fingerprint density at radius 1 is 1.00 bits per heavy atom. The number of nitrogens with one attached hydrogen (secondary N) is 1. The molecule has 1 amide bonds. The van der Waals surface area contributed by atoms with E-state index in [1.165, 1.54) is 12.8 Å². The summed E-state index contributed by atoms with van der Waals surface area (Å²) >= 11 is 0. The normalized spacial score (nSPS) is 11.6. The van der Waals surface area contributed by atoms with E-state index in [1.807, 2.05) is 4.90 Å². The molecule has 0 radical (unpaired) electrons. The van der Waals surface area contributed by atoms with Crippen molar-refractivity contribution < 1.29 is 4.79 Å². The van der Waals surface area contributed by atoms with E-state index in [2.05, 4.69) is 39.9 Å². The molecule has 0 heterocycles. The zero-order valence-electron chi connectivity index (χ0n) is 13.7. The molecule has 0 aliphatic rings. The topological polar surface area (TPSA) is 32.3 Å². The molecule has 3 heteroatoms. The number of carbonyl (C=O) groups is 1. The van der Waals surface area contributed by atoms with E-state index in [4.69, 9.17) is 0 Å². The summed E-state index contributed by atoms with van der Waals surface area (Å²) in [7, 11) is 0. The van der Waals surface area contributed by atoms with Gasteiger partial charge in [-0.3, -0.25) is 4.79 Å². The number of rotatable bonds is 10. The minimum atomic E-state index is 0.0805. The smallest absolute Gasteiger partial charge is 0.223 e. The zero-order chi connectivity index (χ0) is 14.7. The van der Waals surface area contributed by atoms with Crippen molar-refractivity contribution in [1.82, 2.24) is 10.2 Å². The highest BCUT2D eigenvalue weighted by atomic mass is 16.2. The largest absolute Gasteiger partial charge is 0.341 e. The Balaban J connectivity index is 4.10. The van der Waals surface area contributed by atoms with Gasteiger partial charge < -0.3 is 10.2 Å². The van der Waals surface area contributed by atoms with Crippen LogP contribution in [0.15, 0.2) is 0 Å². The summed E-state index contributed by atoms with van der Waals surface area (Å²) in [5.41, 5.74) is 0.0805. The first-order chi connectivity index (χ1) is 8.90. The second-order valence-corrected chi connectivity index (χ2v) is 6.58. The Labute approximate surface area is 120 Å². The molecule has 0 spiro atoms. The van der Waals surface area contributed by atoms with Gasteiger partial charge in [0.25, 0.3) is 0 Å². The maximum absolute atomic E-state index is 12.3. The second kappa shape index (κ2) is 10.2. The van der Waals surface area contributed by atoms with Crippen molar-refractivity contribution in [3.8, 4) is 0 Å². The van der Waals surface area contributed by atoms with Crippen LogP contribution in [0.1, 0.15) is 66.7 Å². The Morgan fingerprint density at radius 2 is 1.63 bits per heavy atom. The Bertz CT molecular complexity index is 233. The highest BCUT2D eigenvalue weighted by Crippen LogP contribution is 2.19. The Kier molecular flexibility index (Phi) is 9.94. The minimum absolute atomic E-state index is 0.0805. The van der Waals surface area contributed by atoms with Crippen molar-refractivity contribution in [2.45, 2.75) is 66.7 Å². The third-order valence-electron chi connectivity index (χ3n) is 3.08. The van der Waals surface area contributed by atoms with Crippen LogP contribution in [-0.2, 0) is 4.79 Å². The number of hydrogen-bond donors (Lipinski definition) is 1. The van der Waals surface area contributed by atoms with Gasteiger partial charge in [0.1, 0.15) is 0 Å². The number of amides is 1. The highest BCUT2D eigenvalue weighted by Gasteiger charge is 2.20. The molecule has 1 N–H and O–H groups in total. The van der Waals surface area contributed by atoms with Gasteiger partial charge in [-0.05, 0) is 24.8 Å². The summed E-state index contributed by atoms with van der Waals surface area (Å²) in [6.45, 7) is 14.5. The molecule has 0 aromatic heterocycles. The van der Waals surface area contributed by atoms with E-state index in [0.717, 1.165) is 39.0 Å². The van der Waals surface area contributed by atoms with Gasteiger partial charge in [0.15, 0.2) is 0 Å². The molecule has 3 nitrogen and oxygen atoms in total. The van der Waals surface area contributed by atoms with Crippen molar-refractivity contribution in [3.05, 3.63) is 0 Å². The van der Waals surface area contributed by atoms with Crippen molar-refractivity contribution >= 4 is 5.91 Å². The summed E-state index contributed by atoms with van der Waals surface area (Å²) in [6, 6.07) is 0. The molecule has 0 fully saturated rings. The van der Waals surface area contributed by atoms with Crippen LogP contribution in [0.5, 0.6) is 0 Å². The number of nitrogens with zero attached hydrogens (tertiary/aromatic N) is 1. The highest BCUT2D eigenvalue weighted by molar-refractivity contribution is 5.76. The van der Waals surface area contributed by atoms with Crippen LogP contribution < -0.4 is 5.32 Å². The molecule has 0 rings (SSSR count). The van der Waals surface area contributed by atoms with Gasteiger partial charge >= 0.3 is 0 Å². The molecule has 0 aliphatic heterocycles. The predicted molar refractivity (Wildman–Crippen MR) is 83.3 cm³/mol. The van der Waals surface area contributed by atoms with Crippen molar-refractivity contribution in [1.29, 1.82) is 0 Å². The van der Waals surface area contributed by atoms with Gasteiger partial charge in [0.2, 0.25) is 5.91 Å². The summed E-state index contributed by atoms with van der Waals surface area (Å²) in [4.78, 5) is 14.3. The van der Waals surface area contributed by atoms with Crippen molar-refractivity contribution in [3.63, 3.8) is 0 Å². The lowest BCUT2D eigenvalue weighted by Gasteiger charge is -2.27. The molecule has 0 atom stereocenters. The quantitative estimate of drug-likeness (QED) is 0.617. The average molecular weight is 270 g/mol. The summed E-state index contributed by atoms with van der Waals surface area (Å²) in [5.74, 6) is 0.304. The van der Waals surface area contributed by atoms with Crippen LogP contribution >= 0.6 is 0 Å². The molecular formula is C16H34N2O. The SMILES string of the molecule is CCCCNCCN(CCCC)C(=O)CC(C)(C)C. The zero-order valence-corrected chi connectivity index (χ0v) is 13.7. The molecule has 0 saturated heterocycles. The first-order valence-electron chi connectivity index (χ1n) is 7.89. The summed E-state index contributed by atoms with van der Waals surface area (Å²) in [6.07, 6.45) is 5.32. The molecule has 0 aromatic rings. The van der Waals surface area contributed by atoms with Crippen LogP contribution in [0.3, 0.4) is 0 Å². The van der Waals surface area contributed by atoms with E-state index >= 15 is 0 Å².